The van der Waals surface area contributed by atoms with Crippen LogP contribution in [-0.2, 0) is 0 Å². The van der Waals surface area contributed by atoms with Gasteiger partial charge in [0.1, 0.15) is 0 Å². The van der Waals surface area contributed by atoms with Gasteiger partial charge < -0.3 is 4.90 Å². The molecule has 0 aromatic carbocycles. The highest BCUT2D eigenvalue weighted by atomic mass is 15.0. The van der Waals surface area contributed by atoms with E-state index in [9.17, 15) is 0 Å². The zero-order valence-corrected chi connectivity index (χ0v) is 9.43. The van der Waals surface area contributed by atoms with Crippen molar-refractivity contribution >= 4 is 0 Å². The molecular weight excluding hydrogens is 146 g/mol. The summed E-state index contributed by atoms with van der Waals surface area (Å²) in [6, 6.07) is 0. The molecule has 0 aliphatic heterocycles. The molecule has 1 unspecified atom stereocenters. The molecule has 0 N–H and O–H groups in total. The molecule has 1 nitrogen and oxygen atoms in total. The van der Waals surface area contributed by atoms with Gasteiger partial charge in [-0.25, -0.2) is 0 Å². The second kappa shape index (κ2) is 6.47. The van der Waals surface area contributed by atoms with Crippen molar-refractivity contribution in [1.29, 1.82) is 0 Å². The molecule has 12 heavy (non-hydrogen) atoms. The molecular formula is C11H25N. The van der Waals surface area contributed by atoms with Crippen molar-refractivity contribution in [2.75, 3.05) is 20.6 Å². The van der Waals surface area contributed by atoms with E-state index in [1.54, 1.807) is 0 Å². The van der Waals surface area contributed by atoms with E-state index in [-0.39, 0.29) is 0 Å². The Bertz CT molecular complexity index is 97.2. The molecule has 0 amide bonds. The number of rotatable bonds is 6. The van der Waals surface area contributed by atoms with Crippen LogP contribution in [0.5, 0.6) is 0 Å². The third-order valence-corrected chi connectivity index (χ3v) is 2.55. The van der Waals surface area contributed by atoms with Crippen molar-refractivity contribution < 1.29 is 0 Å². The maximum Gasteiger partial charge on any atom is -0.00221 e. The normalized spacial score (nSPS) is 14.2. The van der Waals surface area contributed by atoms with Gasteiger partial charge in [-0.3, -0.25) is 0 Å². The summed E-state index contributed by atoms with van der Waals surface area (Å²) in [7, 11) is 4.31. The van der Waals surface area contributed by atoms with Crippen LogP contribution in [0, 0.1) is 11.8 Å². The molecule has 0 bridgehead atoms. The largest absolute Gasteiger partial charge is 0.309 e. The predicted octanol–water partition coefficient (Wildman–Crippen LogP) is 3.01. The fourth-order valence-corrected chi connectivity index (χ4v) is 1.61. The first-order valence-electron chi connectivity index (χ1n) is 5.22. The lowest BCUT2D eigenvalue weighted by atomic mass is 9.88. The van der Waals surface area contributed by atoms with Crippen LogP contribution in [0.4, 0.5) is 0 Å². The maximum absolute atomic E-state index is 2.34. The van der Waals surface area contributed by atoms with Crippen LogP contribution in [0.2, 0.25) is 0 Å². The number of hydrogen-bond acceptors (Lipinski definition) is 1. The van der Waals surface area contributed by atoms with Crippen LogP contribution in [0.25, 0.3) is 0 Å². The van der Waals surface area contributed by atoms with Crippen LogP contribution in [-0.4, -0.2) is 25.5 Å². The van der Waals surface area contributed by atoms with E-state index in [1.807, 2.05) is 0 Å². The summed E-state index contributed by atoms with van der Waals surface area (Å²) in [4.78, 5) is 2.28. The van der Waals surface area contributed by atoms with Crippen LogP contribution < -0.4 is 0 Å². The predicted molar refractivity (Wildman–Crippen MR) is 56.4 cm³/mol. The molecule has 74 valence electrons. The molecule has 0 aromatic rings. The first kappa shape index (κ1) is 12.0. The van der Waals surface area contributed by atoms with Crippen molar-refractivity contribution in [3.05, 3.63) is 0 Å². The number of hydrogen-bond donors (Lipinski definition) is 0. The zero-order chi connectivity index (χ0) is 9.56. The monoisotopic (exact) mass is 171 g/mol. The Morgan fingerprint density at radius 2 is 1.67 bits per heavy atom. The Morgan fingerprint density at radius 1 is 1.08 bits per heavy atom. The van der Waals surface area contributed by atoms with E-state index in [4.69, 9.17) is 0 Å². The summed E-state index contributed by atoms with van der Waals surface area (Å²) in [6.07, 6.45) is 4.08. The summed E-state index contributed by atoms with van der Waals surface area (Å²) < 4.78 is 0. The molecule has 0 aromatic heterocycles. The zero-order valence-electron chi connectivity index (χ0n) is 9.43. The van der Waals surface area contributed by atoms with Gasteiger partial charge in [0.15, 0.2) is 0 Å². The Hall–Kier alpha value is -0.0400. The molecule has 1 atom stereocenters. The topological polar surface area (TPSA) is 3.24 Å². The van der Waals surface area contributed by atoms with Crippen LogP contribution in [0.3, 0.4) is 0 Å². The molecule has 0 heterocycles. The lowest BCUT2D eigenvalue weighted by Gasteiger charge is -2.21. The Morgan fingerprint density at radius 3 is 2.00 bits per heavy atom. The maximum atomic E-state index is 2.34. The SMILES string of the molecule is CCCC(CCN(C)C)C(C)C. The first-order chi connectivity index (χ1) is 5.57. The standard InChI is InChI=1S/C11H25N/c1-6-7-11(10(2)3)8-9-12(4)5/h10-11H,6-9H2,1-5H3. The van der Waals surface area contributed by atoms with Gasteiger partial charge in [0.2, 0.25) is 0 Å². The lowest BCUT2D eigenvalue weighted by molar-refractivity contribution is 0.283. The third-order valence-electron chi connectivity index (χ3n) is 2.55. The highest BCUT2D eigenvalue weighted by Gasteiger charge is 2.11. The summed E-state index contributed by atoms with van der Waals surface area (Å²) >= 11 is 0. The van der Waals surface area contributed by atoms with Crippen molar-refractivity contribution in [3.8, 4) is 0 Å². The summed E-state index contributed by atoms with van der Waals surface area (Å²) in [6.45, 7) is 8.21. The van der Waals surface area contributed by atoms with Crippen LogP contribution >= 0.6 is 0 Å². The second-order valence-corrected chi connectivity index (χ2v) is 4.38. The van der Waals surface area contributed by atoms with Gasteiger partial charge in [-0.05, 0) is 38.9 Å². The summed E-state index contributed by atoms with van der Waals surface area (Å²) in [5.41, 5.74) is 0. The fraction of sp³-hybridized carbons (Fsp3) is 1.00. The molecule has 0 saturated heterocycles. The smallest absolute Gasteiger partial charge is 0.00221 e. The molecule has 0 aliphatic rings. The quantitative estimate of drug-likeness (QED) is 0.594. The average molecular weight is 171 g/mol. The average Bonchev–Trinajstić information content (AvgIpc) is 1.96. The minimum absolute atomic E-state index is 0.852. The van der Waals surface area contributed by atoms with E-state index in [1.165, 1.54) is 25.8 Å². The molecule has 0 saturated carbocycles. The molecule has 0 rings (SSSR count). The Labute approximate surface area is 78.1 Å². The van der Waals surface area contributed by atoms with Gasteiger partial charge in [-0.1, -0.05) is 33.6 Å². The Balaban J connectivity index is 3.63. The fourth-order valence-electron chi connectivity index (χ4n) is 1.61. The van der Waals surface area contributed by atoms with Gasteiger partial charge in [0.05, 0.1) is 0 Å². The molecule has 0 spiro atoms. The Kier molecular flexibility index (Phi) is 6.45. The minimum atomic E-state index is 0.852. The van der Waals surface area contributed by atoms with Crippen LogP contribution in [0.1, 0.15) is 40.0 Å². The van der Waals surface area contributed by atoms with E-state index in [0.29, 0.717) is 0 Å². The molecule has 0 radical (unpaired) electrons. The van der Waals surface area contributed by atoms with E-state index in [0.717, 1.165) is 11.8 Å². The highest BCUT2D eigenvalue weighted by molar-refractivity contribution is 4.63. The van der Waals surface area contributed by atoms with E-state index >= 15 is 0 Å². The summed E-state index contributed by atoms with van der Waals surface area (Å²) in [5, 5.41) is 0. The van der Waals surface area contributed by atoms with Gasteiger partial charge in [-0.15, -0.1) is 0 Å². The van der Waals surface area contributed by atoms with Crippen molar-refractivity contribution in [1.82, 2.24) is 4.90 Å². The summed E-state index contributed by atoms with van der Waals surface area (Å²) in [5.74, 6) is 1.78. The lowest BCUT2D eigenvalue weighted by Crippen LogP contribution is -2.19. The third kappa shape index (κ3) is 5.59. The molecule has 0 fully saturated rings. The van der Waals surface area contributed by atoms with Gasteiger partial charge >= 0.3 is 0 Å². The second-order valence-electron chi connectivity index (χ2n) is 4.38. The van der Waals surface area contributed by atoms with Crippen LogP contribution in [0.15, 0.2) is 0 Å². The number of nitrogens with zero attached hydrogens (tertiary/aromatic N) is 1. The molecule has 0 aliphatic carbocycles. The van der Waals surface area contributed by atoms with Gasteiger partial charge in [0.25, 0.3) is 0 Å². The highest BCUT2D eigenvalue weighted by Crippen LogP contribution is 2.20. The van der Waals surface area contributed by atoms with Crippen molar-refractivity contribution in [2.24, 2.45) is 11.8 Å². The molecule has 1 heteroatoms. The van der Waals surface area contributed by atoms with Crippen molar-refractivity contribution in [3.63, 3.8) is 0 Å². The minimum Gasteiger partial charge on any atom is -0.309 e. The van der Waals surface area contributed by atoms with E-state index < -0.39 is 0 Å². The van der Waals surface area contributed by atoms with E-state index in [2.05, 4.69) is 39.8 Å². The van der Waals surface area contributed by atoms with Crippen molar-refractivity contribution in [2.45, 2.75) is 40.0 Å². The van der Waals surface area contributed by atoms with Gasteiger partial charge in [-0.2, -0.15) is 0 Å². The first-order valence-corrected chi connectivity index (χ1v) is 5.22. The van der Waals surface area contributed by atoms with Gasteiger partial charge in [0, 0.05) is 0 Å².